The van der Waals surface area contributed by atoms with Crippen LogP contribution in [0.5, 0.6) is 5.75 Å². The Kier molecular flexibility index (Phi) is 4.55. The van der Waals surface area contributed by atoms with Crippen molar-refractivity contribution in [1.29, 1.82) is 0 Å². The molecular formula is C15H15NO4. The van der Waals surface area contributed by atoms with Crippen molar-refractivity contribution in [3.63, 3.8) is 0 Å². The summed E-state index contributed by atoms with van der Waals surface area (Å²) in [5, 5.41) is 2.76. The van der Waals surface area contributed by atoms with E-state index in [9.17, 15) is 9.59 Å². The van der Waals surface area contributed by atoms with Gasteiger partial charge in [0.05, 0.1) is 12.3 Å². The van der Waals surface area contributed by atoms with Crippen molar-refractivity contribution in [3.8, 4) is 5.75 Å². The molecule has 0 fully saturated rings. The zero-order valence-electron chi connectivity index (χ0n) is 11.0. The molecule has 0 spiro atoms. The maximum atomic E-state index is 11.7. The fourth-order valence-corrected chi connectivity index (χ4v) is 1.68. The summed E-state index contributed by atoms with van der Waals surface area (Å²) in [5.41, 5.74) is 0.563. The number of carbonyl (C=O) groups excluding carboxylic acids is 2. The summed E-state index contributed by atoms with van der Waals surface area (Å²) in [6.07, 6.45) is 2.31. The van der Waals surface area contributed by atoms with E-state index in [0.717, 1.165) is 6.29 Å². The molecule has 0 radical (unpaired) electrons. The average molecular weight is 273 g/mol. The van der Waals surface area contributed by atoms with Crippen LogP contribution in [0, 0.1) is 0 Å². The SMILES string of the molecule is CC(NC(=O)COc1ccc(C=O)cc1)c1ccco1. The number of hydrogen-bond acceptors (Lipinski definition) is 4. The van der Waals surface area contributed by atoms with E-state index in [1.54, 1.807) is 42.7 Å². The average Bonchev–Trinajstić information content (AvgIpc) is 3.00. The lowest BCUT2D eigenvalue weighted by molar-refractivity contribution is -0.123. The van der Waals surface area contributed by atoms with Crippen molar-refractivity contribution in [2.24, 2.45) is 0 Å². The van der Waals surface area contributed by atoms with Crippen LogP contribution in [0.2, 0.25) is 0 Å². The Hall–Kier alpha value is -2.56. The molecule has 0 aliphatic carbocycles. The summed E-state index contributed by atoms with van der Waals surface area (Å²) in [7, 11) is 0. The minimum atomic E-state index is -0.242. The second-order valence-electron chi connectivity index (χ2n) is 4.28. The highest BCUT2D eigenvalue weighted by Gasteiger charge is 2.12. The Bertz CT molecular complexity index is 560. The van der Waals surface area contributed by atoms with E-state index in [4.69, 9.17) is 9.15 Å². The summed E-state index contributed by atoms with van der Waals surface area (Å²) in [6.45, 7) is 1.74. The maximum Gasteiger partial charge on any atom is 0.258 e. The monoisotopic (exact) mass is 273 g/mol. The number of ether oxygens (including phenoxy) is 1. The molecule has 0 bridgehead atoms. The van der Waals surface area contributed by atoms with E-state index >= 15 is 0 Å². The fourth-order valence-electron chi connectivity index (χ4n) is 1.68. The van der Waals surface area contributed by atoms with Gasteiger partial charge < -0.3 is 14.5 Å². The molecule has 1 heterocycles. The molecule has 0 saturated carbocycles. The molecule has 1 amide bonds. The topological polar surface area (TPSA) is 68.5 Å². The van der Waals surface area contributed by atoms with Crippen LogP contribution in [0.3, 0.4) is 0 Å². The molecule has 2 rings (SSSR count). The first-order valence-corrected chi connectivity index (χ1v) is 6.20. The zero-order valence-corrected chi connectivity index (χ0v) is 11.0. The first-order valence-electron chi connectivity index (χ1n) is 6.20. The lowest BCUT2D eigenvalue weighted by Crippen LogP contribution is -2.31. The number of furan rings is 1. The lowest BCUT2D eigenvalue weighted by Gasteiger charge is -2.12. The Morgan fingerprint density at radius 3 is 2.70 bits per heavy atom. The van der Waals surface area contributed by atoms with Crippen molar-refractivity contribution >= 4 is 12.2 Å². The molecular weight excluding hydrogens is 258 g/mol. The third-order valence-corrected chi connectivity index (χ3v) is 2.73. The summed E-state index contributed by atoms with van der Waals surface area (Å²) < 4.78 is 10.5. The van der Waals surface area contributed by atoms with Gasteiger partial charge in [-0.2, -0.15) is 0 Å². The fraction of sp³-hybridized carbons (Fsp3) is 0.200. The summed E-state index contributed by atoms with van der Waals surface area (Å²) >= 11 is 0. The van der Waals surface area contributed by atoms with Gasteiger partial charge >= 0.3 is 0 Å². The molecule has 1 unspecified atom stereocenters. The quantitative estimate of drug-likeness (QED) is 0.820. The van der Waals surface area contributed by atoms with Gasteiger partial charge in [-0.25, -0.2) is 0 Å². The number of carbonyl (C=O) groups is 2. The Balaban J connectivity index is 1.81. The molecule has 1 aromatic carbocycles. The van der Waals surface area contributed by atoms with Gasteiger partial charge in [-0.1, -0.05) is 0 Å². The molecule has 0 saturated heterocycles. The number of rotatable bonds is 6. The van der Waals surface area contributed by atoms with Crippen molar-refractivity contribution in [3.05, 3.63) is 54.0 Å². The third kappa shape index (κ3) is 3.71. The van der Waals surface area contributed by atoms with Gasteiger partial charge in [-0.15, -0.1) is 0 Å². The van der Waals surface area contributed by atoms with Crippen LogP contribution >= 0.6 is 0 Å². The number of hydrogen-bond donors (Lipinski definition) is 1. The summed E-state index contributed by atoms with van der Waals surface area (Å²) in [4.78, 5) is 22.2. The first-order chi connectivity index (χ1) is 9.69. The van der Waals surface area contributed by atoms with E-state index < -0.39 is 0 Å². The normalized spacial score (nSPS) is 11.7. The predicted molar refractivity (Wildman–Crippen MR) is 72.6 cm³/mol. The molecule has 1 N–H and O–H groups in total. The summed E-state index contributed by atoms with van der Waals surface area (Å²) in [5.74, 6) is 0.985. The molecule has 5 heteroatoms. The highest BCUT2D eigenvalue weighted by atomic mass is 16.5. The van der Waals surface area contributed by atoms with E-state index in [1.807, 2.05) is 6.92 Å². The zero-order chi connectivity index (χ0) is 14.4. The molecule has 20 heavy (non-hydrogen) atoms. The van der Waals surface area contributed by atoms with Gasteiger partial charge in [0.25, 0.3) is 5.91 Å². The van der Waals surface area contributed by atoms with Crippen LogP contribution in [0.1, 0.15) is 29.1 Å². The first kappa shape index (κ1) is 13.9. The van der Waals surface area contributed by atoms with Crippen molar-refractivity contribution in [1.82, 2.24) is 5.32 Å². The number of benzene rings is 1. The number of aldehydes is 1. The highest BCUT2D eigenvalue weighted by Crippen LogP contribution is 2.13. The van der Waals surface area contributed by atoms with Gasteiger partial charge in [0.2, 0.25) is 0 Å². The minimum absolute atomic E-state index is 0.0918. The molecule has 0 aliphatic rings. The van der Waals surface area contributed by atoms with Crippen LogP contribution in [0.25, 0.3) is 0 Å². The van der Waals surface area contributed by atoms with Crippen molar-refractivity contribution in [2.75, 3.05) is 6.61 Å². The Morgan fingerprint density at radius 2 is 2.10 bits per heavy atom. The van der Waals surface area contributed by atoms with Gasteiger partial charge in [0.1, 0.15) is 17.8 Å². The van der Waals surface area contributed by atoms with E-state index in [-0.39, 0.29) is 18.6 Å². The standard InChI is InChI=1S/C15H15NO4/c1-11(14-3-2-8-19-14)16-15(18)10-20-13-6-4-12(9-17)5-7-13/h2-9,11H,10H2,1H3,(H,16,18). The second-order valence-corrected chi connectivity index (χ2v) is 4.28. The molecule has 104 valence electrons. The maximum absolute atomic E-state index is 11.7. The largest absolute Gasteiger partial charge is 0.484 e. The van der Waals surface area contributed by atoms with Crippen LogP contribution in [0.15, 0.2) is 47.1 Å². The molecule has 2 aromatic rings. The van der Waals surface area contributed by atoms with Crippen molar-refractivity contribution < 1.29 is 18.7 Å². The van der Waals surface area contributed by atoms with Crippen LogP contribution < -0.4 is 10.1 Å². The smallest absolute Gasteiger partial charge is 0.258 e. The van der Waals surface area contributed by atoms with Crippen LogP contribution in [0.4, 0.5) is 0 Å². The molecule has 1 aromatic heterocycles. The van der Waals surface area contributed by atoms with E-state index in [1.165, 1.54) is 0 Å². The molecule has 5 nitrogen and oxygen atoms in total. The van der Waals surface area contributed by atoms with Gasteiger partial charge in [0, 0.05) is 5.56 Å². The Labute approximate surface area is 116 Å². The lowest BCUT2D eigenvalue weighted by atomic mass is 10.2. The van der Waals surface area contributed by atoms with Crippen LogP contribution in [-0.4, -0.2) is 18.8 Å². The van der Waals surface area contributed by atoms with Crippen LogP contribution in [-0.2, 0) is 4.79 Å². The number of nitrogens with one attached hydrogen (secondary N) is 1. The van der Waals surface area contributed by atoms with E-state index in [2.05, 4.69) is 5.32 Å². The minimum Gasteiger partial charge on any atom is -0.484 e. The summed E-state index contributed by atoms with van der Waals surface area (Å²) in [6, 6.07) is 9.91. The predicted octanol–water partition coefficient (Wildman–Crippen LogP) is 2.35. The van der Waals surface area contributed by atoms with Gasteiger partial charge in [-0.05, 0) is 43.3 Å². The Morgan fingerprint density at radius 1 is 1.35 bits per heavy atom. The van der Waals surface area contributed by atoms with Gasteiger partial charge in [0.15, 0.2) is 6.61 Å². The van der Waals surface area contributed by atoms with Crippen molar-refractivity contribution in [2.45, 2.75) is 13.0 Å². The second kappa shape index (κ2) is 6.56. The van der Waals surface area contributed by atoms with E-state index in [0.29, 0.717) is 17.1 Å². The molecule has 0 aliphatic heterocycles. The third-order valence-electron chi connectivity index (χ3n) is 2.73. The number of amides is 1. The molecule has 1 atom stereocenters. The highest BCUT2D eigenvalue weighted by molar-refractivity contribution is 5.78. The van der Waals surface area contributed by atoms with Gasteiger partial charge in [-0.3, -0.25) is 9.59 Å².